The predicted molar refractivity (Wildman–Crippen MR) is 57.3 cm³/mol. The van der Waals surface area contributed by atoms with E-state index in [-0.39, 0.29) is 6.10 Å². The van der Waals surface area contributed by atoms with Crippen molar-refractivity contribution < 1.29 is 5.11 Å². The van der Waals surface area contributed by atoms with Crippen LogP contribution in [-0.4, -0.2) is 18.2 Å². The lowest BCUT2D eigenvalue weighted by Gasteiger charge is -2.10. The molecule has 0 saturated carbocycles. The van der Waals surface area contributed by atoms with Crippen LogP contribution in [0.3, 0.4) is 0 Å². The number of hydrogen-bond acceptors (Lipinski definition) is 2. The summed E-state index contributed by atoms with van der Waals surface area (Å²) in [5.41, 5.74) is 2.39. The first-order chi connectivity index (χ1) is 6.77. The molecule has 76 valence electrons. The fraction of sp³-hybridized carbons (Fsp3) is 0.500. The van der Waals surface area contributed by atoms with Crippen LogP contribution in [-0.2, 0) is 0 Å². The van der Waals surface area contributed by atoms with Crippen molar-refractivity contribution in [3.8, 4) is 0 Å². The lowest BCUT2D eigenvalue weighted by Crippen LogP contribution is -2.07. The van der Waals surface area contributed by atoms with Crippen LogP contribution in [0.2, 0.25) is 0 Å². The van der Waals surface area contributed by atoms with Crippen LogP contribution in [0.15, 0.2) is 24.3 Å². The van der Waals surface area contributed by atoms with Crippen molar-refractivity contribution in [2.24, 2.45) is 0 Å². The summed E-state index contributed by atoms with van der Waals surface area (Å²) in [5, 5.41) is 12.7. The minimum atomic E-state index is -0.356. The number of rotatable bonds is 2. The predicted octanol–water partition coefficient (Wildman–Crippen LogP) is 1.82. The van der Waals surface area contributed by atoms with E-state index in [1.807, 2.05) is 12.1 Å². The fourth-order valence-electron chi connectivity index (χ4n) is 1.99. The van der Waals surface area contributed by atoms with Crippen LogP contribution in [0.5, 0.6) is 0 Å². The van der Waals surface area contributed by atoms with Crippen molar-refractivity contribution in [1.82, 2.24) is 5.32 Å². The summed E-state index contributed by atoms with van der Waals surface area (Å²) < 4.78 is 0. The Morgan fingerprint density at radius 3 is 2.57 bits per heavy atom. The molecule has 2 unspecified atom stereocenters. The Morgan fingerprint density at radius 2 is 2.07 bits per heavy atom. The van der Waals surface area contributed by atoms with E-state index in [0.29, 0.717) is 5.92 Å². The molecule has 14 heavy (non-hydrogen) atoms. The summed E-state index contributed by atoms with van der Waals surface area (Å²) in [7, 11) is 0. The zero-order valence-electron chi connectivity index (χ0n) is 8.53. The lowest BCUT2D eigenvalue weighted by atomic mass is 9.96. The molecule has 1 aliphatic heterocycles. The van der Waals surface area contributed by atoms with E-state index in [9.17, 15) is 5.11 Å². The summed E-state index contributed by atoms with van der Waals surface area (Å²) in [6.45, 7) is 4.02. The molecular weight excluding hydrogens is 174 g/mol. The van der Waals surface area contributed by atoms with Crippen molar-refractivity contribution in [1.29, 1.82) is 0 Å². The molecule has 1 aromatic carbocycles. The quantitative estimate of drug-likeness (QED) is 0.747. The Kier molecular flexibility index (Phi) is 2.85. The van der Waals surface area contributed by atoms with E-state index < -0.39 is 0 Å². The van der Waals surface area contributed by atoms with Crippen molar-refractivity contribution in [2.45, 2.75) is 25.4 Å². The smallest absolute Gasteiger partial charge is 0.0761 e. The number of hydrogen-bond donors (Lipinski definition) is 2. The van der Waals surface area contributed by atoms with Gasteiger partial charge in [0.05, 0.1) is 6.10 Å². The highest BCUT2D eigenvalue weighted by Gasteiger charge is 2.16. The van der Waals surface area contributed by atoms with Crippen LogP contribution >= 0.6 is 0 Å². The Bertz CT molecular complexity index is 286. The zero-order chi connectivity index (χ0) is 9.97. The first kappa shape index (κ1) is 9.69. The highest BCUT2D eigenvalue weighted by Crippen LogP contribution is 2.23. The number of aliphatic hydroxyl groups excluding tert-OH is 1. The number of benzene rings is 1. The molecule has 1 aliphatic rings. The topological polar surface area (TPSA) is 32.3 Å². The van der Waals surface area contributed by atoms with Crippen molar-refractivity contribution in [3.63, 3.8) is 0 Å². The lowest BCUT2D eigenvalue weighted by molar-refractivity contribution is 0.199. The third kappa shape index (κ3) is 1.97. The van der Waals surface area contributed by atoms with Gasteiger partial charge in [0, 0.05) is 6.54 Å². The molecule has 1 aromatic rings. The third-order valence-electron chi connectivity index (χ3n) is 2.95. The molecule has 0 bridgehead atoms. The molecule has 2 rings (SSSR count). The number of aliphatic hydroxyl groups is 1. The van der Waals surface area contributed by atoms with Crippen molar-refractivity contribution in [3.05, 3.63) is 35.4 Å². The molecule has 1 heterocycles. The van der Waals surface area contributed by atoms with Gasteiger partial charge in [0.25, 0.3) is 0 Å². The Balaban J connectivity index is 2.12. The molecule has 0 spiro atoms. The minimum absolute atomic E-state index is 0.356. The van der Waals surface area contributed by atoms with E-state index in [0.717, 1.165) is 18.7 Å². The van der Waals surface area contributed by atoms with Gasteiger partial charge < -0.3 is 10.4 Å². The van der Waals surface area contributed by atoms with E-state index in [1.54, 1.807) is 6.92 Å². The molecule has 1 fully saturated rings. The monoisotopic (exact) mass is 191 g/mol. The molecule has 0 aliphatic carbocycles. The summed E-state index contributed by atoms with van der Waals surface area (Å²) in [4.78, 5) is 0. The van der Waals surface area contributed by atoms with Gasteiger partial charge >= 0.3 is 0 Å². The molecule has 0 amide bonds. The SMILES string of the molecule is CC(O)c1ccc(C2CCNC2)cc1. The van der Waals surface area contributed by atoms with Gasteiger partial charge in [-0.2, -0.15) is 0 Å². The highest BCUT2D eigenvalue weighted by atomic mass is 16.3. The van der Waals surface area contributed by atoms with Gasteiger partial charge in [-0.15, -0.1) is 0 Å². The van der Waals surface area contributed by atoms with Gasteiger partial charge in [-0.25, -0.2) is 0 Å². The molecule has 2 nitrogen and oxygen atoms in total. The van der Waals surface area contributed by atoms with Crippen LogP contribution in [0.4, 0.5) is 0 Å². The molecule has 1 saturated heterocycles. The van der Waals surface area contributed by atoms with Crippen molar-refractivity contribution in [2.75, 3.05) is 13.1 Å². The molecule has 2 heteroatoms. The minimum Gasteiger partial charge on any atom is -0.389 e. The van der Waals surface area contributed by atoms with Crippen molar-refractivity contribution >= 4 is 0 Å². The average molecular weight is 191 g/mol. The average Bonchev–Trinajstić information content (AvgIpc) is 2.71. The second-order valence-corrected chi connectivity index (χ2v) is 4.03. The Morgan fingerprint density at radius 1 is 1.36 bits per heavy atom. The summed E-state index contributed by atoms with van der Waals surface area (Å²) in [6.07, 6.45) is 0.874. The second-order valence-electron chi connectivity index (χ2n) is 4.03. The van der Waals surface area contributed by atoms with Gasteiger partial charge in [0.15, 0.2) is 0 Å². The van der Waals surface area contributed by atoms with Gasteiger partial charge in [-0.05, 0) is 36.9 Å². The van der Waals surface area contributed by atoms with Gasteiger partial charge in [-0.1, -0.05) is 24.3 Å². The summed E-state index contributed by atoms with van der Waals surface area (Å²) in [5.74, 6) is 0.665. The zero-order valence-corrected chi connectivity index (χ0v) is 8.53. The van der Waals surface area contributed by atoms with Crippen LogP contribution in [0.1, 0.15) is 36.5 Å². The molecule has 0 radical (unpaired) electrons. The summed E-state index contributed by atoms with van der Waals surface area (Å²) >= 11 is 0. The molecule has 0 aromatic heterocycles. The highest BCUT2D eigenvalue weighted by molar-refractivity contribution is 5.27. The maximum Gasteiger partial charge on any atom is 0.0761 e. The maximum absolute atomic E-state index is 9.37. The van der Waals surface area contributed by atoms with E-state index in [2.05, 4.69) is 17.4 Å². The maximum atomic E-state index is 9.37. The molecule has 2 N–H and O–H groups in total. The van der Waals surface area contributed by atoms with Gasteiger partial charge in [-0.3, -0.25) is 0 Å². The molecular formula is C12H17NO. The standard InChI is InChI=1S/C12H17NO/c1-9(14)10-2-4-11(5-3-10)12-6-7-13-8-12/h2-5,9,12-14H,6-8H2,1H3. The van der Waals surface area contributed by atoms with E-state index in [1.165, 1.54) is 12.0 Å². The van der Waals surface area contributed by atoms with Crippen LogP contribution in [0.25, 0.3) is 0 Å². The Hall–Kier alpha value is -0.860. The first-order valence-electron chi connectivity index (χ1n) is 5.26. The van der Waals surface area contributed by atoms with Gasteiger partial charge in [0.1, 0.15) is 0 Å². The second kappa shape index (κ2) is 4.11. The Labute approximate surface area is 85.0 Å². The van der Waals surface area contributed by atoms with Crippen LogP contribution < -0.4 is 5.32 Å². The first-order valence-corrected chi connectivity index (χ1v) is 5.26. The third-order valence-corrected chi connectivity index (χ3v) is 2.95. The van der Waals surface area contributed by atoms with E-state index in [4.69, 9.17) is 0 Å². The van der Waals surface area contributed by atoms with E-state index >= 15 is 0 Å². The summed E-state index contributed by atoms with van der Waals surface area (Å²) in [6, 6.07) is 8.33. The fourth-order valence-corrected chi connectivity index (χ4v) is 1.99. The van der Waals surface area contributed by atoms with Gasteiger partial charge in [0.2, 0.25) is 0 Å². The number of nitrogens with one attached hydrogen (secondary N) is 1. The largest absolute Gasteiger partial charge is 0.389 e. The normalized spacial score (nSPS) is 23.7. The van der Waals surface area contributed by atoms with Crippen LogP contribution in [0, 0.1) is 0 Å². The molecule has 2 atom stereocenters.